The van der Waals surface area contributed by atoms with Gasteiger partial charge < -0.3 is 10.0 Å². The molecule has 0 amide bonds. The fraction of sp³-hybridized carbons (Fsp3) is 0.400. The van der Waals surface area contributed by atoms with Gasteiger partial charge in [-0.3, -0.25) is 0 Å². The third kappa shape index (κ3) is 5.15. The SMILES string of the molecule is CCCCN(C)Cc1ccccc1C=CC(=O)O. The minimum Gasteiger partial charge on any atom is -0.478 e. The first-order valence-corrected chi connectivity index (χ1v) is 6.31. The minimum absolute atomic E-state index is 0.847. The molecular formula is C15H21NO2. The predicted molar refractivity (Wildman–Crippen MR) is 74.4 cm³/mol. The molecule has 1 rings (SSSR count). The fourth-order valence-electron chi connectivity index (χ4n) is 1.80. The monoisotopic (exact) mass is 247 g/mol. The molecule has 1 aromatic carbocycles. The van der Waals surface area contributed by atoms with Crippen LogP contribution in [0.2, 0.25) is 0 Å². The number of carboxylic acids is 1. The summed E-state index contributed by atoms with van der Waals surface area (Å²) >= 11 is 0. The molecule has 3 nitrogen and oxygen atoms in total. The van der Waals surface area contributed by atoms with E-state index in [1.54, 1.807) is 6.08 Å². The Morgan fingerprint density at radius 2 is 2.11 bits per heavy atom. The minimum atomic E-state index is -0.913. The lowest BCUT2D eigenvalue weighted by atomic mass is 10.1. The van der Waals surface area contributed by atoms with E-state index in [0.29, 0.717) is 0 Å². The van der Waals surface area contributed by atoms with Crippen LogP contribution in [0.1, 0.15) is 30.9 Å². The van der Waals surface area contributed by atoms with Crippen molar-refractivity contribution < 1.29 is 9.90 Å². The normalized spacial score (nSPS) is 11.3. The topological polar surface area (TPSA) is 40.5 Å². The van der Waals surface area contributed by atoms with E-state index in [2.05, 4.69) is 18.9 Å². The van der Waals surface area contributed by atoms with Gasteiger partial charge in [0.15, 0.2) is 0 Å². The zero-order chi connectivity index (χ0) is 13.4. The van der Waals surface area contributed by atoms with E-state index in [-0.39, 0.29) is 0 Å². The lowest BCUT2D eigenvalue weighted by Crippen LogP contribution is -2.19. The van der Waals surface area contributed by atoms with Crippen molar-refractivity contribution in [2.45, 2.75) is 26.3 Å². The summed E-state index contributed by atoms with van der Waals surface area (Å²) in [5.74, 6) is -0.913. The summed E-state index contributed by atoms with van der Waals surface area (Å²) in [7, 11) is 2.09. The van der Waals surface area contributed by atoms with Gasteiger partial charge in [0, 0.05) is 12.6 Å². The molecule has 0 radical (unpaired) electrons. The van der Waals surface area contributed by atoms with E-state index in [0.717, 1.165) is 24.2 Å². The number of hydrogen-bond donors (Lipinski definition) is 1. The second kappa shape index (κ2) is 7.67. The van der Waals surface area contributed by atoms with E-state index in [1.807, 2.05) is 24.3 Å². The Morgan fingerprint density at radius 1 is 1.39 bits per heavy atom. The Morgan fingerprint density at radius 3 is 2.78 bits per heavy atom. The number of benzene rings is 1. The van der Waals surface area contributed by atoms with Crippen molar-refractivity contribution in [2.24, 2.45) is 0 Å². The molecule has 0 aliphatic carbocycles. The fourth-order valence-corrected chi connectivity index (χ4v) is 1.80. The van der Waals surface area contributed by atoms with Crippen LogP contribution >= 0.6 is 0 Å². The molecule has 0 spiro atoms. The molecule has 0 aromatic heterocycles. The number of nitrogens with zero attached hydrogens (tertiary/aromatic N) is 1. The third-order valence-electron chi connectivity index (χ3n) is 2.79. The average molecular weight is 247 g/mol. The van der Waals surface area contributed by atoms with E-state index in [4.69, 9.17) is 5.11 Å². The largest absolute Gasteiger partial charge is 0.478 e. The molecule has 98 valence electrons. The summed E-state index contributed by atoms with van der Waals surface area (Å²) in [6, 6.07) is 7.91. The molecule has 1 aromatic rings. The maximum absolute atomic E-state index is 10.6. The van der Waals surface area contributed by atoms with Crippen LogP contribution < -0.4 is 0 Å². The quantitative estimate of drug-likeness (QED) is 0.753. The number of carboxylic acid groups (broad SMARTS) is 1. The van der Waals surface area contributed by atoms with Crippen molar-refractivity contribution in [3.63, 3.8) is 0 Å². The van der Waals surface area contributed by atoms with Crippen LogP contribution in [-0.2, 0) is 11.3 Å². The Balaban J connectivity index is 2.72. The zero-order valence-corrected chi connectivity index (χ0v) is 11.1. The lowest BCUT2D eigenvalue weighted by molar-refractivity contribution is -0.131. The highest BCUT2D eigenvalue weighted by Gasteiger charge is 2.03. The van der Waals surface area contributed by atoms with Crippen LogP contribution in [0.3, 0.4) is 0 Å². The van der Waals surface area contributed by atoms with Crippen molar-refractivity contribution in [1.82, 2.24) is 4.90 Å². The molecule has 0 saturated carbocycles. The van der Waals surface area contributed by atoms with Gasteiger partial charge in [-0.25, -0.2) is 4.79 Å². The molecule has 0 bridgehead atoms. The van der Waals surface area contributed by atoms with Crippen LogP contribution in [-0.4, -0.2) is 29.6 Å². The molecule has 18 heavy (non-hydrogen) atoms. The van der Waals surface area contributed by atoms with Crippen molar-refractivity contribution in [3.8, 4) is 0 Å². The van der Waals surface area contributed by atoms with E-state index in [1.165, 1.54) is 18.9 Å². The van der Waals surface area contributed by atoms with Crippen molar-refractivity contribution in [3.05, 3.63) is 41.5 Å². The predicted octanol–water partition coefficient (Wildman–Crippen LogP) is 3.02. The first-order valence-electron chi connectivity index (χ1n) is 6.31. The maximum Gasteiger partial charge on any atom is 0.328 e. The summed E-state index contributed by atoms with van der Waals surface area (Å²) in [5.41, 5.74) is 2.14. The smallest absolute Gasteiger partial charge is 0.328 e. The van der Waals surface area contributed by atoms with Gasteiger partial charge in [0.25, 0.3) is 0 Å². The molecule has 0 atom stereocenters. The van der Waals surface area contributed by atoms with Crippen molar-refractivity contribution >= 4 is 12.0 Å². The molecule has 0 aliphatic heterocycles. The molecule has 3 heteroatoms. The van der Waals surface area contributed by atoms with Gasteiger partial charge in [0.1, 0.15) is 0 Å². The zero-order valence-electron chi connectivity index (χ0n) is 11.1. The van der Waals surface area contributed by atoms with Gasteiger partial charge in [0.2, 0.25) is 0 Å². The van der Waals surface area contributed by atoms with Crippen molar-refractivity contribution in [2.75, 3.05) is 13.6 Å². The summed E-state index contributed by atoms with van der Waals surface area (Å²) in [6.07, 6.45) is 5.21. The number of carbonyl (C=O) groups is 1. The molecular weight excluding hydrogens is 226 g/mol. The first-order chi connectivity index (χ1) is 8.63. The Bertz CT molecular complexity index is 413. The van der Waals surface area contributed by atoms with Crippen LogP contribution in [0.4, 0.5) is 0 Å². The average Bonchev–Trinajstić information content (AvgIpc) is 2.35. The van der Waals surface area contributed by atoms with Gasteiger partial charge in [-0.05, 0) is 37.2 Å². The third-order valence-corrected chi connectivity index (χ3v) is 2.79. The molecule has 0 saturated heterocycles. The van der Waals surface area contributed by atoms with E-state index >= 15 is 0 Å². The maximum atomic E-state index is 10.6. The summed E-state index contributed by atoms with van der Waals surface area (Å²) in [4.78, 5) is 12.8. The van der Waals surface area contributed by atoms with E-state index < -0.39 is 5.97 Å². The second-order valence-corrected chi connectivity index (χ2v) is 4.46. The lowest BCUT2D eigenvalue weighted by Gasteiger charge is -2.17. The molecule has 0 aliphatic rings. The Labute approximate surface area is 109 Å². The molecule has 1 N–H and O–H groups in total. The van der Waals surface area contributed by atoms with Crippen LogP contribution in [0.15, 0.2) is 30.3 Å². The summed E-state index contributed by atoms with van der Waals surface area (Å²) < 4.78 is 0. The van der Waals surface area contributed by atoms with Gasteiger partial charge in [-0.15, -0.1) is 0 Å². The highest BCUT2D eigenvalue weighted by atomic mass is 16.4. The second-order valence-electron chi connectivity index (χ2n) is 4.46. The van der Waals surface area contributed by atoms with Gasteiger partial charge in [0.05, 0.1) is 0 Å². The Kier molecular flexibility index (Phi) is 6.15. The Hall–Kier alpha value is -1.61. The highest BCUT2D eigenvalue weighted by Crippen LogP contribution is 2.13. The highest BCUT2D eigenvalue weighted by molar-refractivity contribution is 5.85. The first kappa shape index (κ1) is 14.5. The number of unbranched alkanes of at least 4 members (excludes halogenated alkanes) is 1. The van der Waals surface area contributed by atoms with Gasteiger partial charge >= 0.3 is 5.97 Å². The van der Waals surface area contributed by atoms with Crippen molar-refractivity contribution in [1.29, 1.82) is 0 Å². The van der Waals surface area contributed by atoms with Crippen LogP contribution in [0, 0.1) is 0 Å². The van der Waals surface area contributed by atoms with Gasteiger partial charge in [-0.1, -0.05) is 37.6 Å². The van der Waals surface area contributed by atoms with Crippen LogP contribution in [0.25, 0.3) is 6.08 Å². The molecule has 0 unspecified atom stereocenters. The number of aliphatic carboxylic acids is 1. The summed E-state index contributed by atoms with van der Waals surface area (Å²) in [6.45, 7) is 4.09. The number of rotatable bonds is 7. The standard InChI is InChI=1S/C15H21NO2/c1-3-4-11-16(2)12-14-8-6-5-7-13(14)9-10-15(17)18/h5-10H,3-4,11-12H2,1-2H3,(H,17,18). The van der Waals surface area contributed by atoms with E-state index in [9.17, 15) is 4.79 Å². The van der Waals surface area contributed by atoms with Gasteiger partial charge in [-0.2, -0.15) is 0 Å². The summed E-state index contributed by atoms with van der Waals surface area (Å²) in [5, 5.41) is 8.67. The number of hydrogen-bond acceptors (Lipinski definition) is 2. The molecule has 0 fully saturated rings. The van der Waals surface area contributed by atoms with Crippen LogP contribution in [0.5, 0.6) is 0 Å². The molecule has 0 heterocycles.